The summed E-state index contributed by atoms with van der Waals surface area (Å²) < 4.78 is 34.0. The van der Waals surface area contributed by atoms with Gasteiger partial charge in [0, 0.05) is 11.8 Å². The van der Waals surface area contributed by atoms with Gasteiger partial charge >= 0.3 is 11.9 Å². The molecule has 45 heavy (non-hydrogen) atoms. The highest BCUT2D eigenvalue weighted by atomic mass is 16.5. The van der Waals surface area contributed by atoms with Gasteiger partial charge in [-0.25, -0.2) is 9.59 Å². The van der Waals surface area contributed by atoms with Gasteiger partial charge in [0.25, 0.3) is 5.56 Å². The van der Waals surface area contributed by atoms with Crippen molar-refractivity contribution in [3.63, 3.8) is 0 Å². The molecule has 0 aliphatic rings. The highest BCUT2D eigenvalue weighted by Gasteiger charge is 2.27. The fourth-order valence-electron chi connectivity index (χ4n) is 5.05. The number of aromatic nitrogens is 2. The summed E-state index contributed by atoms with van der Waals surface area (Å²) in [5.41, 5.74) is 1.29. The fraction of sp³-hybridized carbons (Fsp3) is 0.176. The predicted octanol–water partition coefficient (Wildman–Crippen LogP) is 5.23. The molecule has 0 atom stereocenters. The number of hydrogen-bond donors (Lipinski definition) is 0. The Kier molecular flexibility index (Phi) is 8.99. The zero-order chi connectivity index (χ0) is 32.1. The summed E-state index contributed by atoms with van der Waals surface area (Å²) >= 11 is 0. The summed E-state index contributed by atoms with van der Waals surface area (Å²) in [7, 11) is 6.91. The van der Waals surface area contributed by atoms with Crippen LogP contribution in [0.15, 0.2) is 83.8 Å². The van der Waals surface area contributed by atoms with Crippen LogP contribution >= 0.6 is 0 Å². The third-order valence-corrected chi connectivity index (χ3v) is 7.12. The second-order valence-corrected chi connectivity index (χ2v) is 9.63. The lowest BCUT2D eigenvalue weighted by atomic mass is 9.95. The minimum atomic E-state index is -0.795. The van der Waals surface area contributed by atoms with Crippen molar-refractivity contribution < 1.29 is 38.0 Å². The zero-order valence-electron chi connectivity index (χ0n) is 25.3. The van der Waals surface area contributed by atoms with Crippen LogP contribution in [-0.2, 0) is 16.1 Å². The lowest BCUT2D eigenvalue weighted by Crippen LogP contribution is -2.27. The van der Waals surface area contributed by atoms with E-state index in [0.29, 0.717) is 45.2 Å². The molecular weight excluding hydrogens is 580 g/mol. The molecule has 5 aromatic rings. The fourth-order valence-corrected chi connectivity index (χ4v) is 5.05. The monoisotopic (exact) mass is 610 g/mol. The lowest BCUT2D eigenvalue weighted by molar-refractivity contribution is 0.0587. The topological polar surface area (TPSA) is 124 Å². The quantitative estimate of drug-likeness (QED) is 0.194. The molecule has 3 aromatic carbocycles. The van der Waals surface area contributed by atoms with Crippen molar-refractivity contribution in [3.8, 4) is 39.8 Å². The van der Waals surface area contributed by atoms with Crippen molar-refractivity contribution in [1.29, 1.82) is 0 Å². The van der Waals surface area contributed by atoms with E-state index < -0.39 is 17.5 Å². The Morgan fingerprint density at radius 3 is 2.11 bits per heavy atom. The molecule has 11 nitrogen and oxygen atoms in total. The van der Waals surface area contributed by atoms with Gasteiger partial charge in [-0.05, 0) is 71.6 Å². The van der Waals surface area contributed by atoms with Crippen LogP contribution in [0.4, 0.5) is 0 Å². The number of fused-ring (bicyclic) bond motifs is 1. The first kappa shape index (κ1) is 30.6. The molecule has 0 N–H and O–H groups in total. The average molecular weight is 611 g/mol. The van der Waals surface area contributed by atoms with E-state index >= 15 is 0 Å². The standard InChI is InChI=1S/C34H30N2O9/c1-40-27-16-21(17-28(41-2)31(27)42-3)29-25-13-12-24(45-19-22-10-6-7-14-35-22)18-26(25)32(37)36(30(29)34(39)44-5)23-11-8-9-20(15-23)33(38)43-4/h6-18H,19H2,1-5H3. The summed E-state index contributed by atoms with van der Waals surface area (Å²) in [5.74, 6) is 0.00367. The number of benzene rings is 3. The van der Waals surface area contributed by atoms with E-state index in [1.54, 1.807) is 60.8 Å². The molecular formula is C34H30N2O9. The first-order valence-electron chi connectivity index (χ1n) is 13.7. The lowest BCUT2D eigenvalue weighted by Gasteiger charge is -2.21. The zero-order valence-corrected chi connectivity index (χ0v) is 25.3. The van der Waals surface area contributed by atoms with Crippen molar-refractivity contribution in [3.05, 3.63) is 106 Å². The van der Waals surface area contributed by atoms with E-state index in [2.05, 4.69) is 4.98 Å². The highest BCUT2D eigenvalue weighted by Crippen LogP contribution is 2.44. The Balaban J connectivity index is 1.87. The number of hydrogen-bond acceptors (Lipinski definition) is 10. The van der Waals surface area contributed by atoms with Crippen LogP contribution in [-0.4, -0.2) is 57.0 Å². The maximum atomic E-state index is 14.4. The second kappa shape index (κ2) is 13.2. The maximum absolute atomic E-state index is 14.4. The number of carbonyl (C=O) groups excluding carboxylic acids is 2. The Bertz CT molecular complexity index is 1930. The van der Waals surface area contributed by atoms with Gasteiger partial charge in [0.2, 0.25) is 5.75 Å². The molecule has 0 aliphatic heterocycles. The molecule has 0 saturated carbocycles. The number of carbonyl (C=O) groups is 2. The van der Waals surface area contributed by atoms with Crippen LogP contribution in [0.25, 0.3) is 27.6 Å². The van der Waals surface area contributed by atoms with E-state index in [0.717, 1.165) is 0 Å². The Morgan fingerprint density at radius 1 is 0.756 bits per heavy atom. The van der Waals surface area contributed by atoms with Gasteiger partial charge in [-0.15, -0.1) is 0 Å². The van der Waals surface area contributed by atoms with Gasteiger partial charge in [-0.1, -0.05) is 12.1 Å². The van der Waals surface area contributed by atoms with Crippen LogP contribution in [0.2, 0.25) is 0 Å². The van der Waals surface area contributed by atoms with E-state index in [1.807, 2.05) is 12.1 Å². The Labute approximate surface area is 258 Å². The third-order valence-electron chi connectivity index (χ3n) is 7.12. The van der Waals surface area contributed by atoms with Crippen LogP contribution in [0.3, 0.4) is 0 Å². The third kappa shape index (κ3) is 5.87. The SMILES string of the molecule is COC(=O)c1cccc(-n2c(C(=O)OC)c(-c3cc(OC)c(OC)c(OC)c3)c3ccc(OCc4ccccn4)cc3c2=O)c1. The largest absolute Gasteiger partial charge is 0.493 e. The van der Waals surface area contributed by atoms with E-state index in [4.69, 9.17) is 28.4 Å². The van der Waals surface area contributed by atoms with Gasteiger partial charge in [0.05, 0.1) is 57.9 Å². The number of rotatable bonds is 10. The molecule has 230 valence electrons. The van der Waals surface area contributed by atoms with Crippen LogP contribution in [0.1, 0.15) is 26.5 Å². The van der Waals surface area contributed by atoms with E-state index in [1.165, 1.54) is 46.2 Å². The predicted molar refractivity (Wildman–Crippen MR) is 166 cm³/mol. The van der Waals surface area contributed by atoms with Crippen LogP contribution in [0.5, 0.6) is 23.0 Å². The highest BCUT2D eigenvalue weighted by molar-refractivity contribution is 6.08. The van der Waals surface area contributed by atoms with Gasteiger partial charge in [-0.2, -0.15) is 0 Å². The van der Waals surface area contributed by atoms with E-state index in [9.17, 15) is 14.4 Å². The average Bonchev–Trinajstić information content (AvgIpc) is 3.09. The normalized spacial score (nSPS) is 10.7. The molecule has 11 heteroatoms. The number of pyridine rings is 2. The summed E-state index contributed by atoms with van der Waals surface area (Å²) in [6.07, 6.45) is 1.66. The number of methoxy groups -OCH3 is 5. The molecule has 2 heterocycles. The summed E-state index contributed by atoms with van der Waals surface area (Å²) in [4.78, 5) is 44.7. The Hall–Kier alpha value is -5.84. The van der Waals surface area contributed by atoms with Crippen molar-refractivity contribution >= 4 is 22.7 Å². The molecule has 0 saturated heterocycles. The minimum Gasteiger partial charge on any atom is -0.493 e. The maximum Gasteiger partial charge on any atom is 0.355 e. The second-order valence-electron chi connectivity index (χ2n) is 9.63. The number of esters is 2. The molecule has 0 fully saturated rings. The van der Waals surface area contributed by atoms with Crippen LogP contribution < -0.4 is 24.5 Å². The van der Waals surface area contributed by atoms with Crippen LogP contribution in [0, 0.1) is 0 Å². The molecule has 0 amide bonds. The molecule has 5 rings (SSSR count). The summed E-state index contributed by atoms with van der Waals surface area (Å²) in [6, 6.07) is 20.0. The molecule has 2 aromatic heterocycles. The smallest absolute Gasteiger partial charge is 0.355 e. The first-order valence-corrected chi connectivity index (χ1v) is 13.7. The molecule has 0 radical (unpaired) electrons. The molecule has 0 spiro atoms. The molecule has 0 unspecified atom stereocenters. The minimum absolute atomic E-state index is 0.0894. The first-order chi connectivity index (χ1) is 21.8. The molecule has 0 aliphatic carbocycles. The van der Waals surface area contributed by atoms with Gasteiger partial charge in [0.1, 0.15) is 18.1 Å². The van der Waals surface area contributed by atoms with E-state index in [-0.39, 0.29) is 28.9 Å². The number of nitrogens with zero attached hydrogens (tertiary/aromatic N) is 2. The van der Waals surface area contributed by atoms with Crippen molar-refractivity contribution in [2.24, 2.45) is 0 Å². The molecule has 0 bridgehead atoms. The summed E-state index contributed by atoms with van der Waals surface area (Å²) in [6.45, 7) is 0.168. The van der Waals surface area contributed by atoms with Gasteiger partial charge in [-0.3, -0.25) is 14.3 Å². The Morgan fingerprint density at radius 2 is 1.49 bits per heavy atom. The summed E-state index contributed by atoms with van der Waals surface area (Å²) in [5, 5.41) is 0.661. The van der Waals surface area contributed by atoms with Gasteiger partial charge in [0.15, 0.2) is 11.5 Å². The number of ether oxygens (including phenoxy) is 6. The van der Waals surface area contributed by atoms with Crippen molar-refractivity contribution in [2.45, 2.75) is 6.61 Å². The van der Waals surface area contributed by atoms with Crippen molar-refractivity contribution in [1.82, 2.24) is 9.55 Å². The van der Waals surface area contributed by atoms with Gasteiger partial charge < -0.3 is 28.4 Å². The van der Waals surface area contributed by atoms with Crippen molar-refractivity contribution in [2.75, 3.05) is 35.5 Å².